The summed E-state index contributed by atoms with van der Waals surface area (Å²) in [5.74, 6) is 0.910. The molecule has 0 nitrogen and oxygen atoms in total. The Morgan fingerprint density at radius 2 is 2.00 bits per heavy atom. The van der Waals surface area contributed by atoms with Crippen molar-refractivity contribution in [3.05, 3.63) is 0 Å². The third-order valence-corrected chi connectivity index (χ3v) is 1.57. The molecule has 0 atom stereocenters. The van der Waals surface area contributed by atoms with Crippen LogP contribution in [0.5, 0.6) is 0 Å². The summed E-state index contributed by atoms with van der Waals surface area (Å²) in [5, 5.41) is 0. The van der Waals surface area contributed by atoms with Crippen molar-refractivity contribution in [3.8, 4) is 0 Å². The van der Waals surface area contributed by atoms with E-state index in [0.29, 0.717) is 0 Å². The predicted octanol–water partition coefficient (Wildman–Crippen LogP) is 2.81. The van der Waals surface area contributed by atoms with Crippen LogP contribution < -0.4 is 0 Å². The van der Waals surface area contributed by atoms with Gasteiger partial charge in [0.2, 0.25) is 0 Å². The maximum atomic E-state index is 4.05. The fourth-order valence-corrected chi connectivity index (χ4v) is 1.65. The van der Waals surface area contributed by atoms with E-state index < -0.39 is 0 Å². The molecule has 0 aliphatic carbocycles. The third-order valence-electron chi connectivity index (χ3n) is 0.551. The molecule has 0 amide bonds. The summed E-state index contributed by atoms with van der Waals surface area (Å²) in [7, 11) is 0. The van der Waals surface area contributed by atoms with E-state index in [4.69, 9.17) is 0 Å². The van der Waals surface area contributed by atoms with Gasteiger partial charge < -0.3 is 0 Å². The highest BCUT2D eigenvalue weighted by molar-refractivity contribution is 9.25. The molecular weight excluding hydrogens is 240 g/mol. The summed E-state index contributed by atoms with van der Waals surface area (Å²) in [6, 6.07) is 0. The molecular formula is C4H8Br2S. The smallest absolute Gasteiger partial charge is 0.0785 e. The van der Waals surface area contributed by atoms with Gasteiger partial charge in [0.25, 0.3) is 0 Å². The van der Waals surface area contributed by atoms with Gasteiger partial charge in [0, 0.05) is 0 Å². The average Bonchev–Trinajstić information content (AvgIpc) is 1.30. The minimum Gasteiger partial charge on any atom is -0.179 e. The zero-order valence-corrected chi connectivity index (χ0v) is 8.18. The van der Waals surface area contributed by atoms with Gasteiger partial charge in [0.15, 0.2) is 0 Å². The van der Waals surface area contributed by atoms with E-state index in [1.165, 1.54) is 0 Å². The van der Waals surface area contributed by atoms with Gasteiger partial charge in [0.1, 0.15) is 0 Å². The molecule has 7 heavy (non-hydrogen) atoms. The van der Waals surface area contributed by atoms with Crippen LogP contribution in [0.15, 0.2) is 0 Å². The highest BCUT2D eigenvalue weighted by atomic mass is 79.9. The van der Waals surface area contributed by atoms with Crippen molar-refractivity contribution >= 4 is 44.5 Å². The summed E-state index contributed by atoms with van der Waals surface area (Å²) in [6.07, 6.45) is 1.04. The highest BCUT2D eigenvalue weighted by Crippen LogP contribution is 2.28. The van der Waals surface area contributed by atoms with Gasteiger partial charge in [-0.1, -0.05) is 31.9 Å². The second-order valence-corrected chi connectivity index (χ2v) is 6.56. The largest absolute Gasteiger partial charge is 0.179 e. The van der Waals surface area contributed by atoms with Crippen LogP contribution in [0, 0.1) is 0 Å². The van der Waals surface area contributed by atoms with Crippen molar-refractivity contribution in [2.45, 2.75) is 16.6 Å². The minimum absolute atomic E-state index is 0.0990. The monoisotopic (exact) mass is 246 g/mol. The van der Waals surface area contributed by atoms with E-state index in [0.717, 1.165) is 12.2 Å². The molecule has 0 radical (unpaired) electrons. The quantitative estimate of drug-likeness (QED) is 0.563. The Hall–Kier alpha value is 1.31. The van der Waals surface area contributed by atoms with Gasteiger partial charge >= 0.3 is 0 Å². The molecule has 0 heterocycles. The van der Waals surface area contributed by atoms with Gasteiger partial charge in [-0.25, -0.2) is 0 Å². The first-order valence-electron chi connectivity index (χ1n) is 2.05. The molecule has 44 valence electrons. The lowest BCUT2D eigenvalue weighted by Crippen LogP contribution is -2.03. The predicted molar refractivity (Wildman–Crippen MR) is 44.7 cm³/mol. The molecule has 0 aliphatic heterocycles. The average molecular weight is 248 g/mol. The zero-order valence-electron chi connectivity index (χ0n) is 4.12. The van der Waals surface area contributed by atoms with Crippen LogP contribution in [-0.2, 0) is 0 Å². The first kappa shape index (κ1) is 8.31. The van der Waals surface area contributed by atoms with Gasteiger partial charge in [-0.3, -0.25) is 0 Å². The van der Waals surface area contributed by atoms with Crippen molar-refractivity contribution in [2.75, 3.05) is 5.75 Å². The Morgan fingerprint density at radius 1 is 1.57 bits per heavy atom. The van der Waals surface area contributed by atoms with Crippen LogP contribution in [0.1, 0.15) is 13.3 Å². The van der Waals surface area contributed by atoms with Crippen LogP contribution in [0.3, 0.4) is 0 Å². The molecule has 0 unspecified atom stereocenters. The molecule has 0 N–H and O–H groups in total. The fraction of sp³-hybridized carbons (Fsp3) is 1.00. The molecule has 3 heteroatoms. The Kier molecular flexibility index (Phi) is 3.99. The summed E-state index contributed by atoms with van der Waals surface area (Å²) in [5.41, 5.74) is 0. The second-order valence-electron chi connectivity index (χ2n) is 1.54. The lowest BCUT2D eigenvalue weighted by atomic mass is 10.4. The van der Waals surface area contributed by atoms with Gasteiger partial charge in [-0.15, -0.1) is 0 Å². The van der Waals surface area contributed by atoms with Crippen LogP contribution in [-0.4, -0.2) is 8.99 Å². The number of thiol groups is 1. The molecule has 0 aromatic rings. The molecule has 0 spiro atoms. The van der Waals surface area contributed by atoms with E-state index in [-0.39, 0.29) is 3.23 Å². The molecule has 0 aromatic heterocycles. The molecule has 0 aromatic carbocycles. The first-order chi connectivity index (χ1) is 3.06. The van der Waals surface area contributed by atoms with E-state index in [1.807, 2.05) is 0 Å². The highest BCUT2D eigenvalue weighted by Gasteiger charge is 2.11. The van der Waals surface area contributed by atoms with E-state index in [2.05, 4.69) is 51.4 Å². The third kappa shape index (κ3) is 7.31. The lowest BCUT2D eigenvalue weighted by Gasteiger charge is -2.09. The summed E-state index contributed by atoms with van der Waals surface area (Å²) < 4.78 is 0.0990. The number of hydrogen-bond donors (Lipinski definition) is 1. The van der Waals surface area contributed by atoms with Gasteiger partial charge in [-0.2, -0.15) is 12.6 Å². The molecule has 0 aliphatic rings. The first-order valence-corrected chi connectivity index (χ1v) is 4.27. The van der Waals surface area contributed by atoms with E-state index >= 15 is 0 Å². The number of alkyl halides is 2. The minimum atomic E-state index is 0.0990. The van der Waals surface area contributed by atoms with Gasteiger partial charge in [0.05, 0.1) is 3.23 Å². The molecule has 0 rings (SSSR count). The lowest BCUT2D eigenvalue weighted by molar-refractivity contribution is 0.891. The van der Waals surface area contributed by atoms with Crippen molar-refractivity contribution in [2.24, 2.45) is 0 Å². The Morgan fingerprint density at radius 3 is 2.00 bits per heavy atom. The molecule has 0 bridgehead atoms. The number of hydrogen-bond acceptors (Lipinski definition) is 1. The topological polar surface area (TPSA) is 0 Å². The van der Waals surface area contributed by atoms with Crippen molar-refractivity contribution in [1.29, 1.82) is 0 Å². The molecule has 0 saturated carbocycles. The summed E-state index contributed by atoms with van der Waals surface area (Å²) >= 11 is 10.9. The maximum absolute atomic E-state index is 4.05. The summed E-state index contributed by atoms with van der Waals surface area (Å²) in [6.45, 7) is 2.06. The Labute approximate surface area is 66.7 Å². The molecule has 0 saturated heterocycles. The number of halogens is 2. The van der Waals surface area contributed by atoms with Crippen molar-refractivity contribution < 1.29 is 0 Å². The number of rotatable bonds is 2. The maximum Gasteiger partial charge on any atom is 0.0785 e. The van der Waals surface area contributed by atoms with Crippen LogP contribution in [0.25, 0.3) is 0 Å². The summed E-state index contributed by atoms with van der Waals surface area (Å²) in [4.78, 5) is 0. The van der Waals surface area contributed by atoms with Crippen molar-refractivity contribution in [3.63, 3.8) is 0 Å². The van der Waals surface area contributed by atoms with Crippen LogP contribution in [0.2, 0.25) is 0 Å². The Bertz CT molecular complexity index is 48.1. The standard InChI is InChI=1S/C4H8Br2S/c1-4(5,6)2-3-7/h7H,2-3H2,1H3. The van der Waals surface area contributed by atoms with Crippen molar-refractivity contribution in [1.82, 2.24) is 0 Å². The van der Waals surface area contributed by atoms with E-state index in [1.54, 1.807) is 0 Å². The SMILES string of the molecule is CC(Br)(Br)CCS. The van der Waals surface area contributed by atoms with Crippen LogP contribution in [0.4, 0.5) is 0 Å². The Balaban J connectivity index is 3.15. The van der Waals surface area contributed by atoms with E-state index in [9.17, 15) is 0 Å². The van der Waals surface area contributed by atoms with Crippen LogP contribution >= 0.6 is 44.5 Å². The second kappa shape index (κ2) is 3.36. The molecule has 0 fully saturated rings. The normalized spacial score (nSPS) is 12.0. The van der Waals surface area contributed by atoms with Gasteiger partial charge in [-0.05, 0) is 19.1 Å². The fourth-order valence-electron chi connectivity index (χ4n) is 0.196. The zero-order chi connectivity index (χ0) is 5.91.